The number of fused-ring (bicyclic) bond motifs is 3. The van der Waals surface area contributed by atoms with Gasteiger partial charge in [0.25, 0.3) is 0 Å². The quantitative estimate of drug-likeness (QED) is 0.675. The molecule has 0 radical (unpaired) electrons. The number of hydrogen-bond acceptors (Lipinski definition) is 4. The minimum absolute atomic E-state index is 0.248. The second-order valence-electron chi connectivity index (χ2n) is 6.05. The summed E-state index contributed by atoms with van der Waals surface area (Å²) in [5.41, 5.74) is 2.99. The highest BCUT2D eigenvalue weighted by atomic mass is 19.1. The van der Waals surface area contributed by atoms with E-state index in [2.05, 4.69) is 4.90 Å². The van der Waals surface area contributed by atoms with Crippen LogP contribution in [0, 0.1) is 12.7 Å². The van der Waals surface area contributed by atoms with Gasteiger partial charge in [-0.25, -0.2) is 9.18 Å². The minimum atomic E-state index is -0.357. The van der Waals surface area contributed by atoms with Crippen molar-refractivity contribution in [2.24, 2.45) is 0 Å². The first-order valence-electron chi connectivity index (χ1n) is 7.76. The fraction of sp³-hybridized carbons (Fsp3) is 0.211. The van der Waals surface area contributed by atoms with Gasteiger partial charge in [0.1, 0.15) is 23.9 Å². The molecule has 0 bridgehead atoms. The van der Waals surface area contributed by atoms with E-state index >= 15 is 0 Å². The molecule has 24 heavy (non-hydrogen) atoms. The molecule has 2 heterocycles. The molecule has 0 fully saturated rings. The molecule has 3 aromatic rings. The number of hydrogen-bond donors (Lipinski definition) is 0. The van der Waals surface area contributed by atoms with Crippen LogP contribution in [0.2, 0.25) is 0 Å². The first-order chi connectivity index (χ1) is 11.6. The lowest BCUT2D eigenvalue weighted by atomic mass is 10.0. The summed E-state index contributed by atoms with van der Waals surface area (Å²) in [6.07, 6.45) is 0. The maximum Gasteiger partial charge on any atom is 0.336 e. The number of benzene rings is 2. The number of halogens is 1. The molecule has 0 atom stereocenters. The standard InChI is InChI=1S/C19H16FNO3/c1-12-8-18(22)24-19-15(12)6-7-17-16(19)10-21(11-23-17)9-13-2-4-14(20)5-3-13/h2-8H,9-11H2,1H3. The number of aryl methyl sites for hydroxylation is 1. The summed E-state index contributed by atoms with van der Waals surface area (Å²) in [5.74, 6) is 0.494. The second kappa shape index (κ2) is 5.76. The fourth-order valence-electron chi connectivity index (χ4n) is 3.09. The predicted molar refractivity (Wildman–Crippen MR) is 88.4 cm³/mol. The zero-order valence-corrected chi connectivity index (χ0v) is 13.2. The van der Waals surface area contributed by atoms with Gasteiger partial charge in [0.15, 0.2) is 0 Å². The Morgan fingerprint density at radius 1 is 1.17 bits per heavy atom. The molecule has 0 spiro atoms. The topological polar surface area (TPSA) is 42.7 Å². The van der Waals surface area contributed by atoms with E-state index < -0.39 is 0 Å². The molecule has 0 aliphatic carbocycles. The van der Waals surface area contributed by atoms with Crippen molar-refractivity contribution in [1.29, 1.82) is 0 Å². The normalized spacial score (nSPS) is 14.4. The van der Waals surface area contributed by atoms with Crippen molar-refractivity contribution < 1.29 is 13.5 Å². The van der Waals surface area contributed by atoms with Gasteiger partial charge in [-0.05, 0) is 42.3 Å². The molecule has 1 aliphatic rings. The molecule has 4 rings (SSSR count). The van der Waals surface area contributed by atoms with Crippen LogP contribution in [0.25, 0.3) is 11.0 Å². The molecule has 1 aliphatic heterocycles. The second-order valence-corrected chi connectivity index (χ2v) is 6.05. The monoisotopic (exact) mass is 325 g/mol. The summed E-state index contributed by atoms with van der Waals surface area (Å²) in [6.45, 7) is 3.57. The van der Waals surface area contributed by atoms with Gasteiger partial charge in [-0.2, -0.15) is 0 Å². The van der Waals surface area contributed by atoms with E-state index in [4.69, 9.17) is 9.15 Å². The molecule has 1 aromatic heterocycles. The van der Waals surface area contributed by atoms with Gasteiger partial charge in [0.2, 0.25) is 0 Å². The Morgan fingerprint density at radius 2 is 1.96 bits per heavy atom. The zero-order valence-electron chi connectivity index (χ0n) is 13.2. The average molecular weight is 325 g/mol. The first kappa shape index (κ1) is 14.9. The third-order valence-corrected chi connectivity index (χ3v) is 4.28. The lowest BCUT2D eigenvalue weighted by Gasteiger charge is -2.29. The molecule has 122 valence electrons. The van der Waals surface area contributed by atoms with Gasteiger partial charge < -0.3 is 9.15 Å². The highest BCUT2D eigenvalue weighted by molar-refractivity contribution is 5.85. The van der Waals surface area contributed by atoms with E-state index in [1.807, 2.05) is 19.1 Å². The van der Waals surface area contributed by atoms with Gasteiger partial charge in [-0.3, -0.25) is 4.90 Å². The maximum atomic E-state index is 13.0. The fourth-order valence-corrected chi connectivity index (χ4v) is 3.09. The van der Waals surface area contributed by atoms with Crippen molar-refractivity contribution >= 4 is 11.0 Å². The SMILES string of the molecule is Cc1cc(=O)oc2c3c(ccc12)OCN(Cc1ccc(F)cc1)C3. The van der Waals surface area contributed by atoms with E-state index in [1.54, 1.807) is 12.1 Å². The average Bonchev–Trinajstić information content (AvgIpc) is 2.57. The highest BCUT2D eigenvalue weighted by Gasteiger charge is 2.22. The van der Waals surface area contributed by atoms with Crippen molar-refractivity contribution in [3.05, 3.63) is 75.4 Å². The molecular formula is C19H16FNO3. The highest BCUT2D eigenvalue weighted by Crippen LogP contribution is 2.33. The predicted octanol–water partition coefficient (Wildman–Crippen LogP) is 3.59. The molecule has 2 aromatic carbocycles. The Hall–Kier alpha value is -2.66. The van der Waals surface area contributed by atoms with Gasteiger partial charge in [-0.1, -0.05) is 12.1 Å². The van der Waals surface area contributed by atoms with Crippen molar-refractivity contribution in [2.75, 3.05) is 6.73 Å². The Morgan fingerprint density at radius 3 is 2.75 bits per heavy atom. The zero-order chi connectivity index (χ0) is 16.7. The Labute approximate surface area is 138 Å². The van der Waals surface area contributed by atoms with Crippen molar-refractivity contribution in [2.45, 2.75) is 20.0 Å². The van der Waals surface area contributed by atoms with Crippen LogP contribution in [0.1, 0.15) is 16.7 Å². The van der Waals surface area contributed by atoms with E-state index in [0.29, 0.717) is 25.4 Å². The molecule has 0 amide bonds. The van der Waals surface area contributed by atoms with Gasteiger partial charge >= 0.3 is 5.63 Å². The lowest BCUT2D eigenvalue weighted by molar-refractivity contribution is 0.0889. The third-order valence-electron chi connectivity index (χ3n) is 4.28. The summed E-state index contributed by atoms with van der Waals surface area (Å²) in [6, 6.07) is 11.8. The van der Waals surface area contributed by atoms with Crippen molar-refractivity contribution in [3.63, 3.8) is 0 Å². The molecular weight excluding hydrogens is 309 g/mol. The largest absolute Gasteiger partial charge is 0.478 e. The summed E-state index contributed by atoms with van der Waals surface area (Å²) in [5, 5.41) is 0.917. The first-order valence-corrected chi connectivity index (χ1v) is 7.76. The summed E-state index contributed by atoms with van der Waals surface area (Å²) < 4.78 is 24.3. The molecule has 0 saturated carbocycles. The summed E-state index contributed by atoms with van der Waals surface area (Å²) >= 11 is 0. The number of ether oxygens (including phenoxy) is 1. The molecule has 4 nitrogen and oxygen atoms in total. The van der Waals surface area contributed by atoms with Crippen molar-refractivity contribution in [1.82, 2.24) is 4.90 Å². The maximum absolute atomic E-state index is 13.0. The molecule has 5 heteroatoms. The minimum Gasteiger partial charge on any atom is -0.478 e. The van der Waals surface area contributed by atoms with Crippen LogP contribution in [0.5, 0.6) is 5.75 Å². The van der Waals surface area contributed by atoms with Gasteiger partial charge in [0.05, 0.1) is 5.56 Å². The van der Waals surface area contributed by atoms with Crippen LogP contribution in [-0.2, 0) is 13.1 Å². The van der Waals surface area contributed by atoms with Crippen LogP contribution in [-0.4, -0.2) is 11.6 Å². The summed E-state index contributed by atoms with van der Waals surface area (Å²) in [7, 11) is 0. The lowest BCUT2D eigenvalue weighted by Crippen LogP contribution is -2.31. The van der Waals surface area contributed by atoms with E-state index in [9.17, 15) is 9.18 Å². The third kappa shape index (κ3) is 2.67. The Balaban J connectivity index is 1.69. The molecule has 0 saturated heterocycles. The van der Waals surface area contributed by atoms with Crippen LogP contribution in [0.4, 0.5) is 4.39 Å². The van der Waals surface area contributed by atoms with Crippen LogP contribution < -0.4 is 10.4 Å². The molecule has 0 N–H and O–H groups in total. The van der Waals surface area contributed by atoms with Crippen LogP contribution in [0.15, 0.2) is 51.7 Å². The van der Waals surface area contributed by atoms with Gasteiger partial charge in [0, 0.05) is 24.5 Å². The Bertz CT molecular complexity index is 963. The van der Waals surface area contributed by atoms with Crippen molar-refractivity contribution in [3.8, 4) is 5.75 Å². The molecule has 0 unspecified atom stereocenters. The van der Waals surface area contributed by atoms with Gasteiger partial charge in [-0.15, -0.1) is 0 Å². The van der Waals surface area contributed by atoms with E-state index in [0.717, 1.165) is 27.8 Å². The smallest absolute Gasteiger partial charge is 0.336 e. The van der Waals surface area contributed by atoms with Crippen LogP contribution >= 0.6 is 0 Å². The van der Waals surface area contributed by atoms with E-state index in [-0.39, 0.29) is 11.4 Å². The number of nitrogens with zero attached hydrogens (tertiary/aromatic N) is 1. The van der Waals surface area contributed by atoms with E-state index in [1.165, 1.54) is 18.2 Å². The summed E-state index contributed by atoms with van der Waals surface area (Å²) in [4.78, 5) is 13.8. The number of rotatable bonds is 2. The Kier molecular flexibility index (Phi) is 3.58. The van der Waals surface area contributed by atoms with Crippen LogP contribution in [0.3, 0.4) is 0 Å².